The van der Waals surface area contributed by atoms with Crippen LogP contribution in [-0.2, 0) is 22.2 Å². The largest absolute Gasteiger partial charge is 0.470 e. The van der Waals surface area contributed by atoms with E-state index in [1.54, 1.807) is 0 Å². The molecule has 0 radical (unpaired) electrons. The van der Waals surface area contributed by atoms with E-state index in [2.05, 4.69) is 45.1 Å². The molecular weight excluding hydrogens is 623 g/mol. The monoisotopic (exact) mass is 669 g/mol. The Bertz CT molecular complexity index is 1860. The minimum atomic E-state index is -2.82. The maximum absolute atomic E-state index is 15.8. The van der Waals surface area contributed by atoms with Crippen molar-refractivity contribution in [3.63, 3.8) is 0 Å². The van der Waals surface area contributed by atoms with Gasteiger partial charge >= 0.3 is 0 Å². The van der Waals surface area contributed by atoms with Gasteiger partial charge < -0.3 is 18.6 Å². The molecule has 0 spiro atoms. The minimum absolute atomic E-state index is 0.0482. The molecule has 4 aliphatic carbocycles. The number of carbonyl (C=O) groups is 3. The fourth-order valence-electron chi connectivity index (χ4n) is 8.83. The quantitative estimate of drug-likeness (QED) is 0.204. The van der Waals surface area contributed by atoms with Gasteiger partial charge in [0.25, 0.3) is 5.88 Å². The number of hydrogen-bond donors (Lipinski definition) is 0. The number of ether oxygens (including phenoxy) is 1. The highest BCUT2D eigenvalue weighted by Gasteiger charge is 2.86. The van der Waals surface area contributed by atoms with Crippen molar-refractivity contribution in [2.24, 2.45) is 16.7 Å². The van der Waals surface area contributed by atoms with Crippen LogP contribution in [-0.4, -0.2) is 69.5 Å². The first-order chi connectivity index (χ1) is 22.4. The molecule has 254 valence electrons. The highest BCUT2D eigenvalue weighted by molar-refractivity contribution is 6.74. The number of benzene rings is 2. The van der Waals surface area contributed by atoms with E-state index in [1.165, 1.54) is 0 Å². The Kier molecular flexibility index (Phi) is 7.17. The van der Waals surface area contributed by atoms with Gasteiger partial charge in [-0.1, -0.05) is 57.2 Å². The Morgan fingerprint density at radius 2 is 1.67 bits per heavy atom. The Balaban J connectivity index is 1.44. The topological polar surface area (TPSA) is 102 Å². The van der Waals surface area contributed by atoms with Crippen molar-refractivity contribution in [1.82, 2.24) is 10.1 Å². The van der Waals surface area contributed by atoms with Gasteiger partial charge in [0.15, 0.2) is 31.2 Å². The highest BCUT2D eigenvalue weighted by atomic mass is 28.4. The summed E-state index contributed by atoms with van der Waals surface area (Å²) in [4.78, 5) is 50.2. The van der Waals surface area contributed by atoms with Crippen LogP contribution in [0.15, 0.2) is 47.0 Å². The number of fused-ring (bicyclic) bond motifs is 3. The third kappa shape index (κ3) is 4.21. The van der Waals surface area contributed by atoms with E-state index < -0.39 is 42.5 Å². The third-order valence-electron chi connectivity index (χ3n) is 12.2. The molecule has 0 N–H and O–H groups in total. The molecular formula is C38H47N3O6Si. The molecule has 0 unspecified atom stereocenters. The lowest BCUT2D eigenvalue weighted by Crippen LogP contribution is -2.70. The second kappa shape index (κ2) is 10.5. The van der Waals surface area contributed by atoms with Gasteiger partial charge in [-0.15, -0.1) is 0 Å². The lowest BCUT2D eigenvalue weighted by Gasteiger charge is -2.56. The van der Waals surface area contributed by atoms with Crippen LogP contribution < -0.4 is 9.64 Å². The van der Waals surface area contributed by atoms with Gasteiger partial charge in [0.05, 0.1) is 6.04 Å². The molecule has 5 atom stereocenters. The van der Waals surface area contributed by atoms with Crippen LogP contribution in [0.2, 0.25) is 18.1 Å². The van der Waals surface area contributed by atoms with E-state index in [0.717, 1.165) is 22.4 Å². The van der Waals surface area contributed by atoms with Crippen LogP contribution in [0, 0.1) is 23.7 Å². The minimum Gasteiger partial charge on any atom is -0.470 e. The predicted octanol–water partition coefficient (Wildman–Crippen LogP) is 6.59. The van der Waals surface area contributed by atoms with Crippen LogP contribution >= 0.6 is 0 Å². The molecule has 10 heteroatoms. The zero-order chi connectivity index (χ0) is 34.8. The van der Waals surface area contributed by atoms with Crippen LogP contribution in [0.25, 0.3) is 0 Å². The fraction of sp³-hybridized carbons (Fsp3) is 0.526. The third-order valence-corrected chi connectivity index (χ3v) is 16.7. The van der Waals surface area contributed by atoms with Crippen molar-refractivity contribution in [2.45, 2.75) is 83.3 Å². The van der Waals surface area contributed by atoms with Gasteiger partial charge in [0, 0.05) is 31.3 Å². The molecule has 7 rings (SSSR count). The van der Waals surface area contributed by atoms with Crippen LogP contribution in [0.3, 0.4) is 0 Å². The first-order valence-corrected chi connectivity index (χ1v) is 19.8. The number of carbonyl (C=O) groups excluding carboxylic acids is 3. The van der Waals surface area contributed by atoms with Crippen molar-refractivity contribution in [3.05, 3.63) is 76.0 Å². The van der Waals surface area contributed by atoms with Crippen molar-refractivity contribution in [2.75, 3.05) is 33.1 Å². The van der Waals surface area contributed by atoms with Gasteiger partial charge in [0.1, 0.15) is 17.6 Å². The first kappa shape index (κ1) is 32.9. The molecule has 9 nitrogen and oxygen atoms in total. The van der Waals surface area contributed by atoms with Gasteiger partial charge in [-0.25, -0.2) is 0 Å². The molecule has 0 saturated heterocycles. The summed E-state index contributed by atoms with van der Waals surface area (Å²) in [7, 11) is 5.01. The van der Waals surface area contributed by atoms with Crippen molar-refractivity contribution in [3.8, 4) is 5.88 Å². The lowest BCUT2D eigenvalue weighted by atomic mass is 9.54. The lowest BCUT2D eigenvalue weighted by molar-refractivity contribution is -0.151. The summed E-state index contributed by atoms with van der Waals surface area (Å²) in [5.74, 6) is -1.21. The van der Waals surface area contributed by atoms with E-state index in [0.29, 0.717) is 30.6 Å². The summed E-state index contributed by atoms with van der Waals surface area (Å²) >= 11 is 0. The van der Waals surface area contributed by atoms with Gasteiger partial charge in [-0.05, 0) is 91.7 Å². The molecule has 3 aromatic rings. The zero-order valence-electron chi connectivity index (χ0n) is 29.8. The van der Waals surface area contributed by atoms with E-state index in [-0.39, 0.29) is 34.7 Å². The predicted molar refractivity (Wildman–Crippen MR) is 185 cm³/mol. The normalized spacial score (nSPS) is 29.1. The van der Waals surface area contributed by atoms with Crippen molar-refractivity contribution in [1.29, 1.82) is 0 Å². The maximum atomic E-state index is 15.8. The fourth-order valence-corrected chi connectivity index (χ4v) is 10.3. The Hall–Kier alpha value is -3.60. The molecule has 2 fully saturated rings. The molecule has 0 bridgehead atoms. The average molecular weight is 670 g/mol. The summed E-state index contributed by atoms with van der Waals surface area (Å²) in [6.45, 7) is 12.5. The smallest absolute Gasteiger partial charge is 0.265 e. The molecule has 48 heavy (non-hydrogen) atoms. The molecule has 1 heterocycles. The van der Waals surface area contributed by atoms with Crippen LogP contribution in [0.5, 0.6) is 5.88 Å². The number of Topliss-reactive ketones (excluding diaryl/α,β-unsaturated/α-hetero) is 3. The second-order valence-electron chi connectivity index (χ2n) is 16.5. The summed E-state index contributed by atoms with van der Waals surface area (Å²) < 4.78 is 19.5. The number of anilines is 1. The Morgan fingerprint density at radius 3 is 2.29 bits per heavy atom. The van der Waals surface area contributed by atoms with Crippen molar-refractivity contribution >= 4 is 31.4 Å². The van der Waals surface area contributed by atoms with Gasteiger partial charge in [-0.3, -0.25) is 19.3 Å². The highest BCUT2D eigenvalue weighted by Crippen LogP contribution is 2.79. The van der Waals surface area contributed by atoms with Gasteiger partial charge in [0.2, 0.25) is 5.78 Å². The van der Waals surface area contributed by atoms with Crippen LogP contribution in [0.1, 0.15) is 82.8 Å². The molecule has 4 aliphatic rings. The number of aromatic nitrogens is 1. The standard InChI is InChI=1S/C38H47N3O6Si/c1-22-16-17-26(40(5)6)24-18-36-19-25-29(41(7)8)30-28(33(39-46-30)45-20-23-14-12-11-13-15-23)32(43)38(25,47-48(9,10)35(2,3)4)34(44)37(36,21-36)31(42)27(22)24/h11-17,25,29H,18-21H2,1-10H3/t25-,29-,36-,37+,38+/m0/s1. The Morgan fingerprint density at radius 1 is 0.979 bits per heavy atom. The summed E-state index contributed by atoms with van der Waals surface area (Å²) in [6, 6.07) is 13.1. The number of hydrogen-bond acceptors (Lipinski definition) is 9. The second-order valence-corrected chi connectivity index (χ2v) is 21.2. The molecule has 2 aromatic carbocycles. The number of rotatable bonds is 7. The molecule has 0 aliphatic heterocycles. The molecule has 1 aromatic heterocycles. The summed E-state index contributed by atoms with van der Waals surface area (Å²) in [6.07, 6.45) is 1.46. The number of ketones is 3. The number of aryl methyl sites for hydroxylation is 1. The van der Waals surface area contributed by atoms with E-state index >= 15 is 9.59 Å². The summed E-state index contributed by atoms with van der Waals surface area (Å²) in [5.41, 5.74) is 0.649. The summed E-state index contributed by atoms with van der Waals surface area (Å²) in [5, 5.41) is 3.97. The first-order valence-electron chi connectivity index (χ1n) is 16.9. The SMILES string of the molecule is Cc1ccc(N(C)C)c2c1C(=O)[C@@]13C[C@]1(C2)C[C@H]1[C@H](N(C)C)c2onc(OCc4ccccc4)c2C(=O)[C@@]1(O[Si](C)(C)C(C)(C)C)C3=O. The molecule has 2 saturated carbocycles. The average Bonchev–Trinajstić information content (AvgIpc) is 3.52. The molecule has 0 amide bonds. The Labute approximate surface area is 284 Å². The maximum Gasteiger partial charge on any atom is 0.265 e. The van der Waals surface area contributed by atoms with E-state index in [1.807, 2.05) is 81.3 Å². The van der Waals surface area contributed by atoms with E-state index in [9.17, 15) is 4.79 Å². The van der Waals surface area contributed by atoms with Gasteiger partial charge in [-0.2, -0.15) is 0 Å². The van der Waals surface area contributed by atoms with Crippen molar-refractivity contribution < 1.29 is 28.1 Å². The van der Waals surface area contributed by atoms with E-state index in [4.69, 9.17) is 13.7 Å². The number of nitrogens with zero attached hydrogens (tertiary/aromatic N) is 3. The zero-order valence-corrected chi connectivity index (χ0v) is 30.8. The van der Waals surface area contributed by atoms with Crippen LogP contribution in [0.4, 0.5) is 5.69 Å².